The van der Waals surface area contributed by atoms with Crippen molar-refractivity contribution >= 4 is 33.2 Å². The quantitative estimate of drug-likeness (QED) is 0.904. The zero-order valence-electron chi connectivity index (χ0n) is 11.2. The molecule has 0 spiro atoms. The maximum absolute atomic E-state index is 13.4. The van der Waals surface area contributed by atoms with Gasteiger partial charge in [-0.2, -0.15) is 0 Å². The number of carbonyl (C=O) groups is 1. The maximum Gasteiger partial charge on any atom is 0.264 e. The molecule has 0 aliphatic carbocycles. The molecule has 0 aliphatic heterocycles. The highest BCUT2D eigenvalue weighted by Gasteiger charge is 2.26. The van der Waals surface area contributed by atoms with Gasteiger partial charge in [-0.25, -0.2) is 12.8 Å². The van der Waals surface area contributed by atoms with E-state index >= 15 is 0 Å². The molecule has 2 rings (SSSR count). The first-order chi connectivity index (χ1) is 10.3. The number of nitrogens with zero attached hydrogens (tertiary/aromatic N) is 1. The van der Waals surface area contributed by atoms with Gasteiger partial charge in [-0.15, -0.1) is 0 Å². The summed E-state index contributed by atoms with van der Waals surface area (Å²) in [6.07, 6.45) is 0. The van der Waals surface area contributed by atoms with Crippen molar-refractivity contribution in [1.82, 2.24) is 0 Å². The summed E-state index contributed by atoms with van der Waals surface area (Å²) in [5.41, 5.74) is 5.12. The smallest absolute Gasteiger partial charge is 0.264 e. The van der Waals surface area contributed by atoms with Crippen LogP contribution in [-0.2, 0) is 14.8 Å². The molecule has 2 aromatic carbocycles. The first kappa shape index (κ1) is 16.3. The number of benzene rings is 2. The van der Waals surface area contributed by atoms with Gasteiger partial charge in [-0.1, -0.05) is 17.7 Å². The Morgan fingerprint density at radius 3 is 2.36 bits per heavy atom. The summed E-state index contributed by atoms with van der Waals surface area (Å²) in [6.45, 7) is -0.603. The van der Waals surface area contributed by atoms with Gasteiger partial charge in [0.15, 0.2) is 0 Å². The molecule has 8 heteroatoms. The average molecular weight is 343 g/mol. The number of sulfonamides is 1. The van der Waals surface area contributed by atoms with E-state index < -0.39 is 28.3 Å². The minimum absolute atomic E-state index is 0.00810. The van der Waals surface area contributed by atoms with Gasteiger partial charge in [0.25, 0.3) is 10.0 Å². The van der Waals surface area contributed by atoms with Gasteiger partial charge >= 0.3 is 0 Å². The van der Waals surface area contributed by atoms with Crippen molar-refractivity contribution in [3.63, 3.8) is 0 Å². The molecule has 22 heavy (non-hydrogen) atoms. The van der Waals surface area contributed by atoms with Crippen molar-refractivity contribution in [1.29, 1.82) is 0 Å². The molecular weight excluding hydrogens is 331 g/mol. The monoisotopic (exact) mass is 342 g/mol. The van der Waals surface area contributed by atoms with Gasteiger partial charge in [0.1, 0.15) is 12.4 Å². The molecule has 0 aliphatic rings. The summed E-state index contributed by atoms with van der Waals surface area (Å²) < 4.78 is 39.4. The Labute approximate surface area is 132 Å². The molecule has 0 unspecified atom stereocenters. The number of hydrogen-bond donors (Lipinski definition) is 1. The van der Waals surface area contributed by atoms with Gasteiger partial charge in [0.2, 0.25) is 5.91 Å². The van der Waals surface area contributed by atoms with Crippen LogP contribution >= 0.6 is 11.6 Å². The van der Waals surface area contributed by atoms with E-state index in [9.17, 15) is 17.6 Å². The third-order valence-electron chi connectivity index (χ3n) is 2.80. The van der Waals surface area contributed by atoms with Gasteiger partial charge in [-0.05, 0) is 42.5 Å². The van der Waals surface area contributed by atoms with Crippen molar-refractivity contribution in [3.05, 3.63) is 59.4 Å². The van der Waals surface area contributed by atoms with Gasteiger partial charge < -0.3 is 5.73 Å². The lowest BCUT2D eigenvalue weighted by Crippen LogP contribution is -2.38. The topological polar surface area (TPSA) is 80.5 Å². The molecule has 0 saturated heterocycles. The van der Waals surface area contributed by atoms with E-state index in [0.717, 1.165) is 10.4 Å². The van der Waals surface area contributed by atoms with Crippen LogP contribution in [0.25, 0.3) is 0 Å². The minimum atomic E-state index is -4.08. The lowest BCUT2D eigenvalue weighted by atomic mass is 10.3. The summed E-state index contributed by atoms with van der Waals surface area (Å²) in [5.74, 6) is -1.49. The highest BCUT2D eigenvalue weighted by molar-refractivity contribution is 7.92. The minimum Gasteiger partial charge on any atom is -0.368 e. The molecule has 0 atom stereocenters. The second-order valence-electron chi connectivity index (χ2n) is 4.41. The molecule has 0 heterocycles. The fourth-order valence-electron chi connectivity index (χ4n) is 1.82. The van der Waals surface area contributed by atoms with Crippen molar-refractivity contribution in [2.45, 2.75) is 4.90 Å². The van der Waals surface area contributed by atoms with Gasteiger partial charge in [0, 0.05) is 5.02 Å². The molecule has 0 fully saturated rings. The Morgan fingerprint density at radius 1 is 1.18 bits per heavy atom. The van der Waals surface area contributed by atoms with Crippen molar-refractivity contribution < 1.29 is 17.6 Å². The molecule has 2 N–H and O–H groups in total. The normalized spacial score (nSPS) is 11.2. The van der Waals surface area contributed by atoms with Crippen LogP contribution in [0.15, 0.2) is 53.4 Å². The third kappa shape index (κ3) is 3.55. The van der Waals surface area contributed by atoms with E-state index in [1.165, 1.54) is 42.5 Å². The van der Waals surface area contributed by atoms with Crippen molar-refractivity contribution in [2.24, 2.45) is 5.73 Å². The zero-order chi connectivity index (χ0) is 16.3. The average Bonchev–Trinajstić information content (AvgIpc) is 2.45. The summed E-state index contributed by atoms with van der Waals surface area (Å²) in [7, 11) is -4.08. The predicted molar refractivity (Wildman–Crippen MR) is 81.6 cm³/mol. The fraction of sp³-hybridized carbons (Fsp3) is 0.0714. The highest BCUT2D eigenvalue weighted by atomic mass is 35.5. The molecular formula is C14H12ClFN2O3S. The first-order valence-electron chi connectivity index (χ1n) is 6.13. The van der Waals surface area contributed by atoms with Crippen LogP contribution in [0.5, 0.6) is 0 Å². The van der Waals surface area contributed by atoms with Crippen LogP contribution in [0.4, 0.5) is 10.1 Å². The summed E-state index contributed by atoms with van der Waals surface area (Å²) in [6, 6.07) is 10.3. The van der Waals surface area contributed by atoms with E-state index in [-0.39, 0.29) is 10.6 Å². The second-order valence-corrected chi connectivity index (χ2v) is 6.71. The molecule has 116 valence electrons. The Hall–Kier alpha value is -2.12. The fourth-order valence-corrected chi connectivity index (χ4v) is 3.37. The lowest BCUT2D eigenvalue weighted by molar-refractivity contribution is -0.116. The van der Waals surface area contributed by atoms with Gasteiger partial charge in [-0.3, -0.25) is 9.10 Å². The van der Waals surface area contributed by atoms with Crippen LogP contribution in [0.3, 0.4) is 0 Å². The number of halogens is 2. The Morgan fingerprint density at radius 2 is 1.82 bits per heavy atom. The van der Waals surface area contributed by atoms with E-state index in [4.69, 9.17) is 17.3 Å². The van der Waals surface area contributed by atoms with Crippen LogP contribution in [0, 0.1) is 5.82 Å². The SMILES string of the molecule is NC(=O)CN(c1cccc(F)c1)S(=O)(=O)c1ccc(Cl)cc1. The maximum atomic E-state index is 13.4. The molecule has 0 bridgehead atoms. The second kappa shape index (κ2) is 6.33. The zero-order valence-corrected chi connectivity index (χ0v) is 12.8. The van der Waals surface area contributed by atoms with Crippen LogP contribution < -0.4 is 10.0 Å². The number of rotatable bonds is 5. The van der Waals surface area contributed by atoms with Crippen LogP contribution in [0.2, 0.25) is 5.02 Å². The molecule has 2 aromatic rings. The molecule has 5 nitrogen and oxygen atoms in total. The van der Waals surface area contributed by atoms with Crippen LogP contribution in [0.1, 0.15) is 0 Å². The summed E-state index contributed by atoms with van der Waals surface area (Å²) in [4.78, 5) is 11.1. The van der Waals surface area contributed by atoms with Crippen LogP contribution in [-0.4, -0.2) is 20.9 Å². The molecule has 0 saturated carbocycles. The van der Waals surface area contributed by atoms with E-state index in [2.05, 4.69) is 0 Å². The van der Waals surface area contributed by atoms with Crippen molar-refractivity contribution in [3.8, 4) is 0 Å². The Bertz CT molecular complexity index is 794. The number of amides is 1. The van der Waals surface area contributed by atoms with Crippen molar-refractivity contribution in [2.75, 3.05) is 10.8 Å². The molecule has 0 aromatic heterocycles. The molecule has 0 radical (unpaired) electrons. The number of primary amides is 1. The Balaban J connectivity index is 2.53. The third-order valence-corrected chi connectivity index (χ3v) is 4.84. The number of carbonyl (C=O) groups excluding carboxylic acids is 1. The number of hydrogen-bond acceptors (Lipinski definition) is 3. The summed E-state index contributed by atoms with van der Waals surface area (Å²) in [5, 5.41) is 0.367. The first-order valence-corrected chi connectivity index (χ1v) is 7.94. The molecule has 1 amide bonds. The van der Waals surface area contributed by atoms with E-state index in [1.54, 1.807) is 0 Å². The van der Waals surface area contributed by atoms with E-state index in [1.807, 2.05) is 0 Å². The number of anilines is 1. The lowest BCUT2D eigenvalue weighted by Gasteiger charge is -2.23. The standard InChI is InChI=1S/C14H12ClFN2O3S/c15-10-4-6-13(7-5-10)22(20,21)18(9-14(17)19)12-3-1-2-11(16)8-12/h1-8H,9H2,(H2,17,19). The van der Waals surface area contributed by atoms with Gasteiger partial charge in [0.05, 0.1) is 10.6 Å². The largest absolute Gasteiger partial charge is 0.368 e. The Kier molecular flexibility index (Phi) is 4.68. The number of nitrogens with two attached hydrogens (primary N) is 1. The summed E-state index contributed by atoms with van der Waals surface area (Å²) >= 11 is 5.73. The van der Waals surface area contributed by atoms with E-state index in [0.29, 0.717) is 5.02 Å². The predicted octanol–water partition coefficient (Wildman–Crippen LogP) is 2.16. The highest BCUT2D eigenvalue weighted by Crippen LogP contribution is 2.25.